The number of aromatic nitrogens is 1. The lowest BCUT2D eigenvalue weighted by atomic mass is 10.1. The lowest BCUT2D eigenvalue weighted by Gasteiger charge is -2.05. The van der Waals surface area contributed by atoms with E-state index in [2.05, 4.69) is 9.72 Å². The van der Waals surface area contributed by atoms with E-state index in [0.717, 1.165) is 18.2 Å². The summed E-state index contributed by atoms with van der Waals surface area (Å²) in [6, 6.07) is 2.49. The van der Waals surface area contributed by atoms with Gasteiger partial charge in [-0.3, -0.25) is 0 Å². The third kappa shape index (κ3) is 2.40. The number of alkyl halides is 3. The monoisotopic (exact) mass is 275 g/mol. The third-order valence-electron chi connectivity index (χ3n) is 2.54. The number of carbonyl (C=O) groups excluding carboxylic acids is 1. The number of aromatic amines is 1. The first-order valence-electron chi connectivity index (χ1n) is 5.40. The quantitative estimate of drug-likeness (QED) is 0.673. The number of fused-ring (bicyclic) bond motifs is 1. The molecule has 0 spiro atoms. The van der Waals surface area contributed by atoms with Gasteiger partial charge in [0.15, 0.2) is 11.5 Å². The molecule has 102 valence electrons. The highest BCUT2D eigenvalue weighted by Crippen LogP contribution is 2.32. The van der Waals surface area contributed by atoms with E-state index in [1.165, 1.54) is 0 Å². The summed E-state index contributed by atoms with van der Waals surface area (Å²) in [7, 11) is 0. The Hall–Kier alpha value is -2.05. The van der Waals surface area contributed by atoms with E-state index in [9.17, 15) is 22.4 Å². The number of H-pyrrole nitrogens is 1. The molecule has 1 aromatic heterocycles. The molecule has 0 aliphatic heterocycles. The van der Waals surface area contributed by atoms with Gasteiger partial charge < -0.3 is 9.72 Å². The molecule has 0 amide bonds. The van der Waals surface area contributed by atoms with Crippen LogP contribution in [0.25, 0.3) is 10.9 Å². The maximum Gasteiger partial charge on any atom is 0.416 e. The van der Waals surface area contributed by atoms with Crippen molar-refractivity contribution >= 4 is 16.9 Å². The highest BCUT2D eigenvalue weighted by Gasteiger charge is 2.31. The number of esters is 1. The average molecular weight is 275 g/mol. The molecule has 2 aromatic rings. The first kappa shape index (κ1) is 13.4. The molecular formula is C12H9F4NO2. The van der Waals surface area contributed by atoms with Crippen LogP contribution >= 0.6 is 0 Å². The summed E-state index contributed by atoms with van der Waals surface area (Å²) in [4.78, 5) is 13.7. The van der Waals surface area contributed by atoms with Gasteiger partial charge in [-0.15, -0.1) is 0 Å². The second-order valence-electron chi connectivity index (χ2n) is 3.79. The van der Waals surface area contributed by atoms with Crippen LogP contribution in [0.1, 0.15) is 23.0 Å². The van der Waals surface area contributed by atoms with Crippen LogP contribution < -0.4 is 0 Å². The normalized spacial score (nSPS) is 11.8. The van der Waals surface area contributed by atoms with Crippen molar-refractivity contribution in [1.29, 1.82) is 0 Å². The van der Waals surface area contributed by atoms with E-state index in [-0.39, 0.29) is 17.5 Å². The molecule has 0 saturated heterocycles. The molecule has 3 nitrogen and oxygen atoms in total. The number of hydrogen-bond acceptors (Lipinski definition) is 2. The van der Waals surface area contributed by atoms with Crippen LogP contribution in [0.3, 0.4) is 0 Å². The molecule has 1 aromatic carbocycles. The minimum absolute atomic E-state index is 0.0431. The first-order chi connectivity index (χ1) is 8.84. The molecule has 0 aliphatic rings. The van der Waals surface area contributed by atoms with Crippen molar-refractivity contribution in [2.24, 2.45) is 0 Å². The lowest BCUT2D eigenvalue weighted by molar-refractivity contribution is -0.137. The molecule has 0 saturated carbocycles. The molecule has 0 fully saturated rings. The van der Waals surface area contributed by atoms with Gasteiger partial charge in [-0.2, -0.15) is 13.2 Å². The molecule has 1 heterocycles. The Balaban J connectivity index is 2.54. The highest BCUT2D eigenvalue weighted by atomic mass is 19.4. The molecule has 0 bridgehead atoms. The maximum atomic E-state index is 13.8. The van der Waals surface area contributed by atoms with E-state index < -0.39 is 29.2 Å². The van der Waals surface area contributed by atoms with Crippen LogP contribution in [0.5, 0.6) is 0 Å². The van der Waals surface area contributed by atoms with Gasteiger partial charge in [0.05, 0.1) is 12.2 Å². The number of halogens is 4. The van der Waals surface area contributed by atoms with Crippen molar-refractivity contribution in [3.8, 4) is 0 Å². The summed E-state index contributed by atoms with van der Waals surface area (Å²) >= 11 is 0. The minimum Gasteiger partial charge on any atom is -0.461 e. The van der Waals surface area contributed by atoms with Crippen LogP contribution in [0.4, 0.5) is 17.6 Å². The van der Waals surface area contributed by atoms with Gasteiger partial charge in [0.25, 0.3) is 0 Å². The second-order valence-corrected chi connectivity index (χ2v) is 3.79. The zero-order chi connectivity index (χ0) is 14.2. The zero-order valence-corrected chi connectivity index (χ0v) is 9.77. The number of nitrogens with one attached hydrogen (secondary N) is 1. The predicted molar refractivity (Wildman–Crippen MR) is 59.2 cm³/mol. The number of rotatable bonds is 2. The van der Waals surface area contributed by atoms with Crippen molar-refractivity contribution in [1.82, 2.24) is 4.98 Å². The Morgan fingerprint density at radius 3 is 2.63 bits per heavy atom. The van der Waals surface area contributed by atoms with Crippen LogP contribution in [0.15, 0.2) is 18.2 Å². The summed E-state index contributed by atoms with van der Waals surface area (Å²) in [5.41, 5.74) is -1.50. The van der Waals surface area contributed by atoms with Gasteiger partial charge in [-0.1, -0.05) is 0 Å². The van der Waals surface area contributed by atoms with E-state index >= 15 is 0 Å². The van der Waals surface area contributed by atoms with Gasteiger partial charge in [0.2, 0.25) is 0 Å². The van der Waals surface area contributed by atoms with Crippen molar-refractivity contribution in [2.75, 3.05) is 6.61 Å². The fourth-order valence-electron chi connectivity index (χ4n) is 1.68. The smallest absolute Gasteiger partial charge is 0.416 e. The van der Waals surface area contributed by atoms with E-state index in [4.69, 9.17) is 0 Å². The van der Waals surface area contributed by atoms with E-state index in [1.54, 1.807) is 6.92 Å². The third-order valence-corrected chi connectivity index (χ3v) is 2.54. The predicted octanol–water partition coefficient (Wildman–Crippen LogP) is 3.50. The Morgan fingerprint density at radius 2 is 2.05 bits per heavy atom. The van der Waals surface area contributed by atoms with Crippen LogP contribution in [0.2, 0.25) is 0 Å². The summed E-state index contributed by atoms with van der Waals surface area (Å²) in [5.74, 6) is -1.85. The highest BCUT2D eigenvalue weighted by molar-refractivity contribution is 5.95. The Morgan fingerprint density at radius 1 is 1.37 bits per heavy atom. The van der Waals surface area contributed by atoms with Crippen molar-refractivity contribution in [3.05, 3.63) is 35.3 Å². The number of hydrogen-bond donors (Lipinski definition) is 1. The minimum atomic E-state index is -4.53. The van der Waals surface area contributed by atoms with Crippen LogP contribution in [-0.2, 0) is 10.9 Å². The Bertz CT molecular complexity index is 630. The second kappa shape index (κ2) is 4.56. The molecule has 0 radical (unpaired) electrons. The summed E-state index contributed by atoms with van der Waals surface area (Å²) in [6.45, 7) is 1.58. The number of benzene rings is 1. The molecular weight excluding hydrogens is 266 g/mol. The van der Waals surface area contributed by atoms with Gasteiger partial charge in [0, 0.05) is 10.9 Å². The Kier molecular flexibility index (Phi) is 3.21. The lowest BCUT2D eigenvalue weighted by Crippen LogP contribution is -2.06. The largest absolute Gasteiger partial charge is 0.461 e. The topological polar surface area (TPSA) is 42.1 Å². The first-order valence-corrected chi connectivity index (χ1v) is 5.40. The average Bonchev–Trinajstić information content (AvgIpc) is 2.66. The summed E-state index contributed by atoms with van der Waals surface area (Å²) in [5, 5.41) is -0.0870. The van der Waals surface area contributed by atoms with E-state index in [1.807, 2.05) is 0 Å². The summed E-state index contributed by atoms with van der Waals surface area (Å²) in [6.07, 6.45) is -4.53. The Labute approximate surface area is 105 Å². The van der Waals surface area contributed by atoms with Gasteiger partial charge >= 0.3 is 12.1 Å². The fraction of sp³-hybridized carbons (Fsp3) is 0.250. The van der Waals surface area contributed by atoms with Crippen molar-refractivity contribution < 1.29 is 27.1 Å². The maximum absolute atomic E-state index is 13.8. The van der Waals surface area contributed by atoms with Gasteiger partial charge in [-0.25, -0.2) is 9.18 Å². The molecule has 0 unspecified atom stereocenters. The molecule has 19 heavy (non-hydrogen) atoms. The fourth-order valence-corrected chi connectivity index (χ4v) is 1.68. The molecule has 2 rings (SSSR count). The van der Waals surface area contributed by atoms with Crippen LogP contribution in [0, 0.1) is 5.82 Å². The number of carbonyl (C=O) groups is 1. The molecule has 7 heteroatoms. The van der Waals surface area contributed by atoms with Gasteiger partial charge in [-0.05, 0) is 25.1 Å². The SMILES string of the molecule is CCOC(=O)c1[nH]c2cc(C(F)(F)F)ccc2c1F. The number of ether oxygens (including phenoxy) is 1. The van der Waals surface area contributed by atoms with Crippen molar-refractivity contribution in [2.45, 2.75) is 13.1 Å². The standard InChI is InChI=1S/C12H9F4NO2/c1-2-19-11(18)10-9(13)7-4-3-6(12(14,15)16)5-8(7)17-10/h3-5,17H,2H2,1H3. The van der Waals surface area contributed by atoms with Crippen LogP contribution in [-0.4, -0.2) is 17.6 Å². The van der Waals surface area contributed by atoms with E-state index in [0.29, 0.717) is 0 Å². The van der Waals surface area contributed by atoms with Crippen molar-refractivity contribution in [3.63, 3.8) is 0 Å². The van der Waals surface area contributed by atoms with Gasteiger partial charge in [0.1, 0.15) is 0 Å². The summed E-state index contributed by atoms with van der Waals surface area (Å²) < 4.78 is 55.9. The molecule has 0 aliphatic carbocycles. The molecule has 1 N–H and O–H groups in total. The molecule has 0 atom stereocenters. The zero-order valence-electron chi connectivity index (χ0n) is 9.77.